The van der Waals surface area contributed by atoms with Gasteiger partial charge in [0.05, 0.1) is 41.9 Å². The summed E-state index contributed by atoms with van der Waals surface area (Å²) in [5.41, 5.74) is 5.38. The number of hydrogen-bond acceptors (Lipinski definition) is 7. The van der Waals surface area contributed by atoms with Crippen LogP contribution < -0.4 is 10.1 Å². The van der Waals surface area contributed by atoms with Gasteiger partial charge in [-0.25, -0.2) is 14.4 Å². The van der Waals surface area contributed by atoms with Gasteiger partial charge in [0.25, 0.3) is 5.91 Å². The molecule has 250 valence electrons. The van der Waals surface area contributed by atoms with Crippen molar-refractivity contribution < 1.29 is 18.7 Å². The highest BCUT2D eigenvalue weighted by Gasteiger charge is 2.26. The standard InChI is InChI=1S/C37H35ClFN7O3/c38-27-6-4-25(30(39)18-27)22-49-36-3-1-2-31(43-36)23-10-13-45(14-11-23)21-35-42-33-17-24(5-9-34(33)46(35)20-29-12-15-48-29)37(47)41-28-7-8-32-26(16-28)19-40-44-32/h1-9,16-19,23,29H,10-15,20-22H2,(H,40,44)(H,41,47)/t29-/m0/s1. The second-order valence-corrected chi connectivity index (χ2v) is 13.2. The third kappa shape index (κ3) is 6.87. The van der Waals surface area contributed by atoms with Gasteiger partial charge >= 0.3 is 0 Å². The maximum Gasteiger partial charge on any atom is 0.255 e. The molecule has 0 aliphatic carbocycles. The maximum absolute atomic E-state index is 14.2. The van der Waals surface area contributed by atoms with Gasteiger partial charge in [0.2, 0.25) is 5.88 Å². The Balaban J connectivity index is 0.936. The second-order valence-electron chi connectivity index (χ2n) is 12.7. The van der Waals surface area contributed by atoms with Crippen LogP contribution in [-0.2, 0) is 24.4 Å². The van der Waals surface area contributed by atoms with E-state index in [9.17, 15) is 9.18 Å². The molecule has 0 spiro atoms. The van der Waals surface area contributed by atoms with Crippen molar-refractivity contribution in [2.45, 2.75) is 51.0 Å². The van der Waals surface area contributed by atoms with Crippen LogP contribution in [0.15, 0.2) is 79.0 Å². The molecule has 2 N–H and O–H groups in total. The largest absolute Gasteiger partial charge is 0.473 e. The van der Waals surface area contributed by atoms with Gasteiger partial charge in [-0.05, 0) is 86.9 Å². The second kappa shape index (κ2) is 13.6. The van der Waals surface area contributed by atoms with Gasteiger partial charge in [-0.3, -0.25) is 14.8 Å². The van der Waals surface area contributed by atoms with E-state index in [0.29, 0.717) is 40.2 Å². The van der Waals surface area contributed by atoms with Crippen LogP contribution in [0.5, 0.6) is 5.88 Å². The molecular formula is C37H35ClFN7O3. The predicted octanol–water partition coefficient (Wildman–Crippen LogP) is 7.10. The highest BCUT2D eigenvalue weighted by Crippen LogP contribution is 2.30. The molecule has 3 aromatic heterocycles. The van der Waals surface area contributed by atoms with E-state index in [-0.39, 0.29) is 18.6 Å². The number of piperidine rings is 1. The molecule has 5 heterocycles. The molecule has 0 saturated carbocycles. The number of ether oxygens (including phenoxy) is 2. The van der Waals surface area contributed by atoms with Crippen molar-refractivity contribution in [2.75, 3.05) is 25.0 Å². The molecule has 2 fully saturated rings. The number of hydrogen-bond donors (Lipinski definition) is 2. The number of nitrogens with zero attached hydrogens (tertiary/aromatic N) is 5. The molecule has 12 heteroatoms. The summed E-state index contributed by atoms with van der Waals surface area (Å²) in [5.74, 6) is 1.16. The zero-order chi connectivity index (χ0) is 33.3. The number of likely N-dealkylation sites (tertiary alicyclic amines) is 1. The van der Waals surface area contributed by atoms with Crippen molar-refractivity contribution in [3.8, 4) is 5.88 Å². The Hall–Kier alpha value is -4.84. The number of fused-ring (bicyclic) bond motifs is 2. The molecule has 1 amide bonds. The SMILES string of the molecule is O=C(Nc1ccc2[nH]ncc2c1)c1ccc2c(c1)nc(CN1CCC(c3cccc(OCc4ccc(Cl)cc4F)n3)CC1)n2C[C@@H]1CCO1. The first-order valence-corrected chi connectivity index (χ1v) is 16.9. The molecule has 2 aliphatic rings. The molecule has 1 atom stereocenters. The van der Waals surface area contributed by atoms with Gasteiger partial charge in [-0.2, -0.15) is 5.10 Å². The van der Waals surface area contributed by atoms with Crippen LogP contribution in [0.25, 0.3) is 21.9 Å². The van der Waals surface area contributed by atoms with Gasteiger partial charge in [0, 0.05) is 51.5 Å². The van der Waals surface area contributed by atoms with Crippen molar-refractivity contribution in [1.29, 1.82) is 0 Å². The van der Waals surface area contributed by atoms with Crippen molar-refractivity contribution in [1.82, 2.24) is 29.6 Å². The number of aromatic nitrogens is 5. The minimum atomic E-state index is -0.393. The number of imidazole rings is 1. The van der Waals surface area contributed by atoms with E-state index in [4.69, 9.17) is 31.0 Å². The van der Waals surface area contributed by atoms with Crippen molar-refractivity contribution in [3.05, 3.63) is 112 Å². The highest BCUT2D eigenvalue weighted by atomic mass is 35.5. The number of rotatable bonds is 10. The minimum Gasteiger partial charge on any atom is -0.473 e. The Morgan fingerprint density at radius 2 is 1.92 bits per heavy atom. The van der Waals surface area contributed by atoms with Crippen LogP contribution in [0, 0.1) is 5.82 Å². The van der Waals surface area contributed by atoms with Gasteiger partial charge in [0.15, 0.2) is 0 Å². The van der Waals surface area contributed by atoms with Crippen LogP contribution in [0.1, 0.15) is 52.6 Å². The summed E-state index contributed by atoms with van der Waals surface area (Å²) >= 11 is 5.88. The van der Waals surface area contributed by atoms with Gasteiger partial charge in [-0.1, -0.05) is 23.7 Å². The molecule has 2 aliphatic heterocycles. The molecule has 0 radical (unpaired) electrons. The fraction of sp³-hybridized carbons (Fsp3) is 0.297. The molecule has 8 rings (SSSR count). The van der Waals surface area contributed by atoms with E-state index in [2.05, 4.69) is 25.0 Å². The van der Waals surface area contributed by atoms with E-state index >= 15 is 0 Å². The minimum absolute atomic E-state index is 0.0826. The molecule has 3 aromatic carbocycles. The monoisotopic (exact) mass is 679 g/mol. The predicted molar refractivity (Wildman–Crippen MR) is 185 cm³/mol. The lowest BCUT2D eigenvalue weighted by molar-refractivity contribution is -0.0592. The third-order valence-electron chi connectivity index (χ3n) is 9.47. The molecule has 0 unspecified atom stereocenters. The molecular weight excluding hydrogens is 645 g/mol. The molecule has 0 bridgehead atoms. The fourth-order valence-electron chi connectivity index (χ4n) is 6.62. The first kappa shape index (κ1) is 31.4. The number of carbonyl (C=O) groups is 1. The van der Waals surface area contributed by atoms with Crippen molar-refractivity contribution >= 4 is 45.1 Å². The third-order valence-corrected chi connectivity index (χ3v) is 9.71. The first-order valence-electron chi connectivity index (χ1n) is 16.6. The number of anilines is 1. The van der Waals surface area contributed by atoms with Crippen LogP contribution in [0.4, 0.5) is 10.1 Å². The van der Waals surface area contributed by atoms with Crippen LogP contribution in [0.3, 0.4) is 0 Å². The summed E-state index contributed by atoms with van der Waals surface area (Å²) in [4.78, 5) is 25.5. The zero-order valence-electron chi connectivity index (χ0n) is 26.7. The Labute approximate surface area is 287 Å². The normalized spacial score (nSPS) is 17.0. The van der Waals surface area contributed by atoms with E-state index in [1.807, 2.05) is 48.5 Å². The molecule has 6 aromatic rings. The van der Waals surface area contributed by atoms with Crippen LogP contribution in [0.2, 0.25) is 5.02 Å². The van der Waals surface area contributed by atoms with Crippen LogP contribution in [-0.4, -0.2) is 61.3 Å². The van der Waals surface area contributed by atoms with Gasteiger partial charge in [-0.15, -0.1) is 0 Å². The van der Waals surface area contributed by atoms with E-state index in [0.717, 1.165) is 79.0 Å². The number of H-pyrrole nitrogens is 1. The number of aromatic amines is 1. The Kier molecular flexibility index (Phi) is 8.71. The van der Waals surface area contributed by atoms with Gasteiger partial charge in [0.1, 0.15) is 18.2 Å². The number of pyridine rings is 1. The first-order chi connectivity index (χ1) is 23.9. The number of benzene rings is 3. The number of amides is 1. The number of nitrogens with one attached hydrogen (secondary N) is 2. The van der Waals surface area contributed by atoms with Gasteiger partial charge < -0.3 is 19.4 Å². The Morgan fingerprint density at radius 3 is 2.73 bits per heavy atom. The number of halogens is 2. The Bertz CT molecular complexity index is 2140. The molecule has 10 nitrogen and oxygen atoms in total. The quantitative estimate of drug-likeness (QED) is 0.159. The summed E-state index contributed by atoms with van der Waals surface area (Å²) in [6, 6.07) is 21.7. The van der Waals surface area contributed by atoms with Crippen LogP contribution >= 0.6 is 11.6 Å². The Morgan fingerprint density at radius 1 is 1.04 bits per heavy atom. The number of carbonyl (C=O) groups excluding carboxylic acids is 1. The average Bonchev–Trinajstić information content (AvgIpc) is 3.70. The summed E-state index contributed by atoms with van der Waals surface area (Å²) in [5, 5.41) is 11.3. The molecule has 2 saturated heterocycles. The summed E-state index contributed by atoms with van der Waals surface area (Å²) in [7, 11) is 0. The van der Waals surface area contributed by atoms with Crippen molar-refractivity contribution in [2.24, 2.45) is 0 Å². The summed E-state index contributed by atoms with van der Waals surface area (Å²) in [6.45, 7) is 4.09. The summed E-state index contributed by atoms with van der Waals surface area (Å²) in [6.07, 6.45) is 4.82. The lowest BCUT2D eigenvalue weighted by atomic mass is 9.93. The van der Waals surface area contributed by atoms with E-state index in [1.54, 1.807) is 24.4 Å². The zero-order valence-corrected chi connectivity index (χ0v) is 27.5. The fourth-order valence-corrected chi connectivity index (χ4v) is 6.78. The smallest absolute Gasteiger partial charge is 0.255 e. The lowest BCUT2D eigenvalue weighted by Gasteiger charge is -2.32. The molecule has 49 heavy (non-hydrogen) atoms. The highest BCUT2D eigenvalue weighted by molar-refractivity contribution is 6.30. The van der Waals surface area contributed by atoms with E-state index < -0.39 is 5.82 Å². The van der Waals surface area contributed by atoms with E-state index in [1.165, 1.54) is 6.07 Å². The topological polar surface area (TPSA) is 110 Å². The summed E-state index contributed by atoms with van der Waals surface area (Å²) < 4.78 is 28.1. The van der Waals surface area contributed by atoms with Crippen molar-refractivity contribution in [3.63, 3.8) is 0 Å². The maximum atomic E-state index is 14.2. The lowest BCUT2D eigenvalue weighted by Crippen LogP contribution is -2.35. The average molecular weight is 680 g/mol.